The zero-order valence-corrected chi connectivity index (χ0v) is 14.1. The van der Waals surface area contributed by atoms with E-state index in [4.69, 9.17) is 4.42 Å². The van der Waals surface area contributed by atoms with Gasteiger partial charge in [-0.15, -0.1) is 0 Å². The fourth-order valence-electron chi connectivity index (χ4n) is 2.25. The van der Waals surface area contributed by atoms with Crippen LogP contribution in [0.25, 0.3) is 11.1 Å². The second-order valence-corrected chi connectivity index (χ2v) is 7.14. The lowest BCUT2D eigenvalue weighted by Crippen LogP contribution is -2.27. The maximum atomic E-state index is 12.8. The summed E-state index contributed by atoms with van der Waals surface area (Å²) in [6.45, 7) is -0.129. The molecule has 0 atom stereocenters. The molecule has 3 rings (SSSR count). The van der Waals surface area contributed by atoms with Crippen molar-refractivity contribution < 1.29 is 22.0 Å². The summed E-state index contributed by atoms with van der Waals surface area (Å²) in [5, 5.41) is 2.59. The fraction of sp³-hybridized carbons (Fsp3) is 0.125. The number of carbonyl (C=O) groups excluding carboxylic acids is 1. The van der Waals surface area contributed by atoms with Crippen LogP contribution in [0.4, 0.5) is 10.1 Å². The summed E-state index contributed by atoms with van der Waals surface area (Å²) in [6, 6.07) is 8.97. The van der Waals surface area contributed by atoms with E-state index in [0.29, 0.717) is 16.8 Å². The van der Waals surface area contributed by atoms with Crippen LogP contribution in [0.1, 0.15) is 6.42 Å². The van der Waals surface area contributed by atoms with Gasteiger partial charge in [0.25, 0.3) is 0 Å². The van der Waals surface area contributed by atoms with E-state index < -0.39 is 27.5 Å². The summed E-state index contributed by atoms with van der Waals surface area (Å²) in [6.07, 6.45) is -0.111. The van der Waals surface area contributed by atoms with Crippen molar-refractivity contribution >= 4 is 32.7 Å². The van der Waals surface area contributed by atoms with Gasteiger partial charge in [-0.2, -0.15) is 0 Å². The Labute approximate surface area is 147 Å². The van der Waals surface area contributed by atoms with Crippen LogP contribution in [0.2, 0.25) is 0 Å². The van der Waals surface area contributed by atoms with E-state index in [9.17, 15) is 22.4 Å². The number of hydrogen-bond acceptors (Lipinski definition) is 5. The van der Waals surface area contributed by atoms with Gasteiger partial charge in [0.15, 0.2) is 5.58 Å². The highest BCUT2D eigenvalue weighted by Gasteiger charge is 2.14. The molecule has 0 saturated heterocycles. The van der Waals surface area contributed by atoms with Gasteiger partial charge < -0.3 is 9.73 Å². The van der Waals surface area contributed by atoms with Crippen molar-refractivity contribution in [2.45, 2.75) is 11.3 Å². The van der Waals surface area contributed by atoms with Gasteiger partial charge >= 0.3 is 5.76 Å². The summed E-state index contributed by atoms with van der Waals surface area (Å²) < 4.78 is 44.0. The SMILES string of the molecule is O=C(CCNS(=O)(=O)c1ccc(F)cc1)Nc1ccc2oc(=O)[nH]c2c1. The number of H-pyrrole nitrogens is 1. The zero-order valence-electron chi connectivity index (χ0n) is 13.3. The van der Waals surface area contributed by atoms with Crippen LogP contribution in [0.5, 0.6) is 0 Å². The van der Waals surface area contributed by atoms with Gasteiger partial charge in [0.1, 0.15) is 5.82 Å². The standard InChI is InChI=1S/C16H14FN3O5S/c17-10-1-4-12(5-2-10)26(23,24)18-8-7-15(21)19-11-3-6-14-13(9-11)20-16(22)25-14/h1-6,9,18H,7-8H2,(H,19,21)(H,20,22). The third-order valence-corrected chi connectivity index (χ3v) is 4.95. The molecule has 2 aromatic carbocycles. The molecule has 0 radical (unpaired) electrons. The molecule has 8 nitrogen and oxygen atoms in total. The Morgan fingerprint density at radius 3 is 2.62 bits per heavy atom. The van der Waals surface area contributed by atoms with Gasteiger partial charge in [-0.3, -0.25) is 9.78 Å². The number of carbonyl (C=O) groups is 1. The van der Waals surface area contributed by atoms with Crippen LogP contribution in [-0.2, 0) is 14.8 Å². The lowest BCUT2D eigenvalue weighted by atomic mass is 10.2. The second-order valence-electron chi connectivity index (χ2n) is 5.38. The fourth-order valence-corrected chi connectivity index (χ4v) is 3.28. The van der Waals surface area contributed by atoms with Crippen molar-refractivity contribution in [3.8, 4) is 0 Å². The Morgan fingerprint density at radius 2 is 1.88 bits per heavy atom. The molecule has 0 unspecified atom stereocenters. The van der Waals surface area contributed by atoms with Crippen molar-refractivity contribution in [2.75, 3.05) is 11.9 Å². The number of halogens is 1. The quantitative estimate of drug-likeness (QED) is 0.600. The average Bonchev–Trinajstić information content (AvgIpc) is 2.94. The predicted molar refractivity (Wildman–Crippen MR) is 91.7 cm³/mol. The third kappa shape index (κ3) is 4.16. The number of aromatic nitrogens is 1. The molecule has 3 N–H and O–H groups in total. The van der Waals surface area contributed by atoms with Crippen LogP contribution in [-0.4, -0.2) is 25.9 Å². The van der Waals surface area contributed by atoms with Gasteiger partial charge in [0, 0.05) is 18.7 Å². The zero-order chi connectivity index (χ0) is 18.7. The lowest BCUT2D eigenvalue weighted by molar-refractivity contribution is -0.116. The molecule has 3 aromatic rings. The van der Waals surface area contributed by atoms with Crippen LogP contribution in [0.3, 0.4) is 0 Å². The molecule has 0 fully saturated rings. The van der Waals surface area contributed by atoms with Gasteiger partial charge in [-0.1, -0.05) is 0 Å². The van der Waals surface area contributed by atoms with E-state index >= 15 is 0 Å². The lowest BCUT2D eigenvalue weighted by Gasteiger charge is -2.08. The van der Waals surface area contributed by atoms with Crippen LogP contribution in [0.15, 0.2) is 56.6 Å². The van der Waals surface area contributed by atoms with Crippen molar-refractivity contribution in [3.63, 3.8) is 0 Å². The number of sulfonamides is 1. The molecular weight excluding hydrogens is 365 g/mol. The first-order valence-electron chi connectivity index (χ1n) is 7.51. The van der Waals surface area contributed by atoms with E-state index in [1.54, 1.807) is 6.07 Å². The molecule has 1 heterocycles. The summed E-state index contributed by atoms with van der Waals surface area (Å²) in [5.41, 5.74) is 1.23. The van der Waals surface area contributed by atoms with E-state index in [2.05, 4.69) is 15.0 Å². The largest absolute Gasteiger partial charge is 0.417 e. The monoisotopic (exact) mass is 379 g/mol. The molecule has 0 aliphatic heterocycles. The summed E-state index contributed by atoms with van der Waals surface area (Å²) in [4.78, 5) is 25.4. The molecule has 0 aliphatic carbocycles. The average molecular weight is 379 g/mol. The first-order chi connectivity index (χ1) is 12.3. The second kappa shape index (κ2) is 7.10. The molecule has 0 spiro atoms. The van der Waals surface area contributed by atoms with Gasteiger partial charge in [0.2, 0.25) is 15.9 Å². The first-order valence-corrected chi connectivity index (χ1v) is 9.00. The summed E-state index contributed by atoms with van der Waals surface area (Å²) >= 11 is 0. The van der Waals surface area contributed by atoms with Crippen LogP contribution >= 0.6 is 0 Å². The Balaban J connectivity index is 1.56. The van der Waals surface area contributed by atoms with Crippen molar-refractivity contribution in [1.29, 1.82) is 0 Å². The molecule has 1 amide bonds. The smallest absolute Gasteiger partial charge is 0.408 e. The maximum absolute atomic E-state index is 12.8. The van der Waals surface area contributed by atoms with Gasteiger partial charge in [-0.25, -0.2) is 22.3 Å². The number of amides is 1. The number of aromatic amines is 1. The van der Waals surface area contributed by atoms with Crippen LogP contribution < -0.4 is 15.8 Å². The molecule has 0 bridgehead atoms. The molecule has 0 aliphatic rings. The number of oxazole rings is 1. The Kier molecular flexibility index (Phi) is 4.87. The molecular formula is C16H14FN3O5S. The summed E-state index contributed by atoms with van der Waals surface area (Å²) in [7, 11) is -3.82. The van der Waals surface area contributed by atoms with E-state index in [1.165, 1.54) is 12.1 Å². The van der Waals surface area contributed by atoms with E-state index in [1.807, 2.05) is 0 Å². The third-order valence-electron chi connectivity index (χ3n) is 3.47. The highest BCUT2D eigenvalue weighted by atomic mass is 32.2. The predicted octanol–water partition coefficient (Wildman–Crippen LogP) is 1.57. The normalized spacial score (nSPS) is 11.6. The van der Waals surface area contributed by atoms with Crippen LogP contribution in [0, 0.1) is 5.82 Å². The minimum absolute atomic E-state index is 0.0892. The topological polar surface area (TPSA) is 121 Å². The van der Waals surface area contributed by atoms with E-state index in [-0.39, 0.29) is 17.9 Å². The number of rotatable bonds is 6. The van der Waals surface area contributed by atoms with Gasteiger partial charge in [0.05, 0.1) is 10.4 Å². The number of fused-ring (bicyclic) bond motifs is 1. The number of anilines is 1. The Morgan fingerprint density at radius 1 is 1.15 bits per heavy atom. The number of hydrogen-bond donors (Lipinski definition) is 3. The Bertz CT molecular complexity index is 1100. The summed E-state index contributed by atoms with van der Waals surface area (Å²) in [5.74, 6) is -1.56. The molecule has 136 valence electrons. The Hall–Kier alpha value is -2.98. The van der Waals surface area contributed by atoms with Crippen molar-refractivity contribution in [1.82, 2.24) is 9.71 Å². The van der Waals surface area contributed by atoms with Gasteiger partial charge in [-0.05, 0) is 42.5 Å². The molecule has 0 saturated carbocycles. The number of nitrogens with one attached hydrogen (secondary N) is 3. The van der Waals surface area contributed by atoms with E-state index in [0.717, 1.165) is 24.3 Å². The minimum Gasteiger partial charge on any atom is -0.408 e. The van der Waals surface area contributed by atoms with Crippen molar-refractivity contribution in [2.24, 2.45) is 0 Å². The molecule has 1 aromatic heterocycles. The maximum Gasteiger partial charge on any atom is 0.417 e. The minimum atomic E-state index is -3.82. The first kappa shape index (κ1) is 17.8. The number of benzene rings is 2. The molecule has 10 heteroatoms. The molecule has 26 heavy (non-hydrogen) atoms. The van der Waals surface area contributed by atoms with Crippen molar-refractivity contribution in [3.05, 3.63) is 58.8 Å². The highest BCUT2D eigenvalue weighted by molar-refractivity contribution is 7.89. The highest BCUT2D eigenvalue weighted by Crippen LogP contribution is 2.16.